The van der Waals surface area contributed by atoms with Gasteiger partial charge in [0.2, 0.25) is 5.91 Å². The number of nitrogens with zero attached hydrogens (tertiary/aromatic N) is 1. The molecule has 0 aliphatic heterocycles. The number of anilines is 1. The lowest BCUT2D eigenvalue weighted by molar-refractivity contribution is -0.141. The van der Waals surface area contributed by atoms with Crippen molar-refractivity contribution in [1.82, 2.24) is 10.2 Å². The Morgan fingerprint density at radius 3 is 2.30 bits per heavy atom. The molecule has 0 spiro atoms. The number of thiol groups is 1. The fraction of sp³-hybridized carbons (Fsp3) is 0.483. The molecule has 8 heteroatoms. The molecule has 2 aromatic rings. The van der Waals surface area contributed by atoms with Crippen LogP contribution in [0.4, 0.5) is 10.5 Å². The lowest BCUT2D eigenvalue weighted by Gasteiger charge is -2.35. The molecule has 7 nitrogen and oxygen atoms in total. The Labute approximate surface area is 225 Å². The summed E-state index contributed by atoms with van der Waals surface area (Å²) in [6.07, 6.45) is 0.0765. The average molecular weight is 526 g/mol. The normalized spacial score (nSPS) is 18.4. The Morgan fingerprint density at radius 2 is 1.73 bits per heavy atom. The minimum absolute atomic E-state index is 0.0641. The summed E-state index contributed by atoms with van der Waals surface area (Å²) in [4.78, 5) is 42.3. The number of para-hydroxylation sites is 1. The Kier molecular flexibility index (Phi) is 8.95. The van der Waals surface area contributed by atoms with Crippen molar-refractivity contribution < 1.29 is 19.1 Å². The summed E-state index contributed by atoms with van der Waals surface area (Å²) in [6, 6.07) is 11.5. The molecule has 4 atom stereocenters. The van der Waals surface area contributed by atoms with Gasteiger partial charge in [-0.3, -0.25) is 9.59 Å². The summed E-state index contributed by atoms with van der Waals surface area (Å²) in [5.41, 5.74) is 3.55. The molecule has 37 heavy (non-hydrogen) atoms. The Balaban J connectivity index is 2.04. The number of carbonyl (C=O) groups is 3. The maximum atomic E-state index is 14.1. The van der Waals surface area contributed by atoms with Crippen molar-refractivity contribution in [3.63, 3.8) is 0 Å². The third kappa shape index (κ3) is 7.28. The molecule has 1 fully saturated rings. The first kappa shape index (κ1) is 28.6. The first-order valence-corrected chi connectivity index (χ1v) is 13.3. The van der Waals surface area contributed by atoms with Crippen LogP contribution >= 0.6 is 12.6 Å². The van der Waals surface area contributed by atoms with Gasteiger partial charge >= 0.3 is 6.09 Å². The average Bonchev–Trinajstić information content (AvgIpc) is 3.53. The molecule has 1 saturated carbocycles. The zero-order chi connectivity index (χ0) is 27.5. The molecular formula is C29H39N3O4S. The van der Waals surface area contributed by atoms with Crippen molar-refractivity contribution in [2.75, 3.05) is 11.1 Å². The van der Waals surface area contributed by atoms with Gasteiger partial charge in [-0.25, -0.2) is 4.79 Å². The van der Waals surface area contributed by atoms with Crippen LogP contribution in [-0.4, -0.2) is 46.2 Å². The maximum Gasteiger partial charge on any atom is 0.408 e. The first-order valence-electron chi connectivity index (χ1n) is 12.7. The van der Waals surface area contributed by atoms with Crippen LogP contribution in [0.1, 0.15) is 62.4 Å². The van der Waals surface area contributed by atoms with Crippen LogP contribution in [0.2, 0.25) is 0 Å². The topological polar surface area (TPSA) is 87.7 Å². The van der Waals surface area contributed by atoms with Gasteiger partial charge in [-0.05, 0) is 76.6 Å². The van der Waals surface area contributed by atoms with Crippen LogP contribution < -0.4 is 10.6 Å². The minimum atomic E-state index is -0.954. The van der Waals surface area contributed by atoms with E-state index in [0.29, 0.717) is 5.69 Å². The van der Waals surface area contributed by atoms with Crippen molar-refractivity contribution in [2.45, 2.75) is 78.6 Å². The van der Waals surface area contributed by atoms with E-state index in [4.69, 9.17) is 4.74 Å². The van der Waals surface area contributed by atoms with Crippen molar-refractivity contribution in [3.8, 4) is 0 Å². The predicted octanol–water partition coefficient (Wildman–Crippen LogP) is 5.35. The molecule has 0 aromatic heterocycles. The molecule has 1 aliphatic rings. The highest BCUT2D eigenvalue weighted by Gasteiger charge is 2.48. The Morgan fingerprint density at radius 1 is 1.08 bits per heavy atom. The van der Waals surface area contributed by atoms with Gasteiger partial charge < -0.3 is 20.3 Å². The fourth-order valence-electron chi connectivity index (χ4n) is 4.37. The molecule has 1 aliphatic carbocycles. The number of carbonyl (C=O) groups excluding carboxylic acids is 3. The van der Waals surface area contributed by atoms with E-state index in [9.17, 15) is 14.4 Å². The number of ether oxygens (including phenoxy) is 1. The van der Waals surface area contributed by atoms with Gasteiger partial charge in [0.15, 0.2) is 0 Å². The van der Waals surface area contributed by atoms with Crippen LogP contribution in [0.3, 0.4) is 0 Å². The highest BCUT2D eigenvalue weighted by Crippen LogP contribution is 2.42. The zero-order valence-electron chi connectivity index (χ0n) is 22.8. The number of benzene rings is 2. The molecule has 3 rings (SSSR count). The number of nitrogens with one attached hydrogen (secondary N) is 2. The van der Waals surface area contributed by atoms with Crippen molar-refractivity contribution >= 4 is 36.2 Å². The van der Waals surface area contributed by atoms with Gasteiger partial charge in [0.1, 0.15) is 17.7 Å². The largest absolute Gasteiger partial charge is 0.444 e. The molecular weight excluding hydrogens is 486 g/mol. The third-order valence-electron chi connectivity index (χ3n) is 6.51. The molecule has 4 unspecified atom stereocenters. The second-order valence-corrected chi connectivity index (χ2v) is 11.3. The molecule has 200 valence electrons. The molecule has 0 radical (unpaired) electrons. The van der Waals surface area contributed by atoms with Crippen LogP contribution in [0.5, 0.6) is 0 Å². The van der Waals surface area contributed by atoms with E-state index in [2.05, 4.69) is 30.2 Å². The van der Waals surface area contributed by atoms with E-state index in [0.717, 1.165) is 28.7 Å². The zero-order valence-corrected chi connectivity index (χ0v) is 23.7. The predicted molar refractivity (Wildman–Crippen MR) is 150 cm³/mol. The van der Waals surface area contributed by atoms with Gasteiger partial charge in [0.05, 0.1) is 0 Å². The van der Waals surface area contributed by atoms with Crippen LogP contribution in [0.15, 0.2) is 42.5 Å². The van der Waals surface area contributed by atoms with Gasteiger partial charge in [-0.1, -0.05) is 48.9 Å². The number of rotatable bonds is 8. The number of aryl methyl sites for hydroxylation is 3. The van der Waals surface area contributed by atoms with Gasteiger partial charge in [0.25, 0.3) is 5.91 Å². The minimum Gasteiger partial charge on any atom is -0.444 e. The lowest BCUT2D eigenvalue weighted by atomic mass is 9.95. The Hall–Kier alpha value is -3.00. The second kappa shape index (κ2) is 11.6. The van der Waals surface area contributed by atoms with Crippen LogP contribution in [0, 0.1) is 26.7 Å². The Bertz CT molecular complexity index is 1160. The number of hydrogen-bond donors (Lipinski definition) is 3. The van der Waals surface area contributed by atoms with E-state index < -0.39 is 23.8 Å². The summed E-state index contributed by atoms with van der Waals surface area (Å²) in [6.45, 7) is 13.2. The summed E-state index contributed by atoms with van der Waals surface area (Å²) in [5, 5.41) is 5.72. The lowest BCUT2D eigenvalue weighted by Crippen LogP contribution is -2.54. The first-order chi connectivity index (χ1) is 17.3. The van der Waals surface area contributed by atoms with E-state index in [1.807, 2.05) is 63.2 Å². The summed E-state index contributed by atoms with van der Waals surface area (Å²) in [7, 11) is 0. The fourth-order valence-corrected chi connectivity index (χ4v) is 4.62. The monoisotopic (exact) mass is 525 g/mol. The van der Waals surface area contributed by atoms with Crippen molar-refractivity contribution in [1.29, 1.82) is 0 Å². The standard InChI is InChI=1S/C29H39N3O4S/c1-17-12-13-18(2)21(14-17)25(26(33)30-22-11-9-8-10-19(22)3)32(24-15-20(24)4)27(34)23(16-37)31-28(35)36-29(5,6)7/h8-14,20,23-25,37H,15-16H2,1-7H3,(H,30,33)(H,31,35). The van der Waals surface area contributed by atoms with Crippen LogP contribution in [0.25, 0.3) is 0 Å². The second-order valence-electron chi connectivity index (χ2n) is 11.0. The van der Waals surface area contributed by atoms with Crippen molar-refractivity contribution in [3.05, 3.63) is 64.7 Å². The number of alkyl carbamates (subject to hydrolysis) is 1. The van der Waals surface area contributed by atoms with E-state index >= 15 is 0 Å². The van der Waals surface area contributed by atoms with Crippen molar-refractivity contribution in [2.24, 2.45) is 5.92 Å². The maximum absolute atomic E-state index is 14.1. The smallest absolute Gasteiger partial charge is 0.408 e. The molecule has 2 N–H and O–H groups in total. The van der Waals surface area contributed by atoms with Gasteiger partial charge in [0, 0.05) is 17.5 Å². The highest BCUT2D eigenvalue weighted by molar-refractivity contribution is 7.80. The van der Waals surface area contributed by atoms with E-state index in [-0.39, 0.29) is 29.5 Å². The summed E-state index contributed by atoms with van der Waals surface area (Å²) >= 11 is 4.37. The van der Waals surface area contributed by atoms with E-state index in [1.165, 1.54) is 0 Å². The molecule has 0 saturated heterocycles. The van der Waals surface area contributed by atoms with Crippen LogP contribution in [-0.2, 0) is 14.3 Å². The summed E-state index contributed by atoms with van der Waals surface area (Å²) < 4.78 is 5.38. The number of hydrogen-bond acceptors (Lipinski definition) is 5. The molecule has 3 amide bonds. The quantitative estimate of drug-likeness (QED) is 0.406. The SMILES string of the molecule is Cc1ccc(C)c(C(C(=O)Nc2ccccc2C)N(C(=O)C(CS)NC(=O)OC(C)(C)C)C2CC2C)c1. The van der Waals surface area contributed by atoms with Gasteiger partial charge in [-0.2, -0.15) is 12.6 Å². The number of amides is 3. The molecule has 2 aromatic carbocycles. The molecule has 0 bridgehead atoms. The third-order valence-corrected chi connectivity index (χ3v) is 6.87. The van der Waals surface area contributed by atoms with E-state index in [1.54, 1.807) is 25.7 Å². The summed E-state index contributed by atoms with van der Waals surface area (Å²) in [5.74, 6) is -0.370. The van der Waals surface area contributed by atoms with Gasteiger partial charge in [-0.15, -0.1) is 0 Å². The molecule has 0 heterocycles. The highest BCUT2D eigenvalue weighted by atomic mass is 32.1.